The van der Waals surface area contributed by atoms with Crippen molar-refractivity contribution in [2.75, 3.05) is 0 Å². The first kappa shape index (κ1) is 18.8. The monoisotopic (exact) mass is 393 g/mol. The number of benzene rings is 2. The van der Waals surface area contributed by atoms with Gasteiger partial charge in [-0.15, -0.1) is 0 Å². The molecule has 0 bridgehead atoms. The Balaban J connectivity index is 0.00000192. The fourth-order valence-electron chi connectivity index (χ4n) is 2.65. The molecule has 0 unspecified atom stereocenters. The smallest absolute Gasteiger partial charge is 0.545 e. The summed E-state index contributed by atoms with van der Waals surface area (Å²) >= 11 is 3.42. The molecule has 1 heterocycles. The molecule has 0 aliphatic carbocycles. The molecule has 1 aromatic heterocycles. The van der Waals surface area contributed by atoms with Gasteiger partial charge in [-0.25, -0.2) is 4.98 Å². The molecule has 23 heavy (non-hydrogen) atoms. The predicted molar refractivity (Wildman–Crippen MR) is 88.7 cm³/mol. The SMILES string of the molecule is Cc1cc(C)c2nc(-c3cccc(Br)c3)cc(C(=O)[O-])c2c1.[K+]. The van der Waals surface area contributed by atoms with Gasteiger partial charge in [0.25, 0.3) is 0 Å². The Morgan fingerprint density at radius 1 is 1.13 bits per heavy atom. The van der Waals surface area contributed by atoms with Gasteiger partial charge in [-0.2, -0.15) is 0 Å². The Labute approximate surface area is 185 Å². The molecule has 110 valence electrons. The van der Waals surface area contributed by atoms with E-state index in [1.165, 1.54) is 0 Å². The summed E-state index contributed by atoms with van der Waals surface area (Å²) in [5.74, 6) is -1.19. The third-order valence-electron chi connectivity index (χ3n) is 3.59. The van der Waals surface area contributed by atoms with Crippen molar-refractivity contribution in [1.82, 2.24) is 4.98 Å². The summed E-state index contributed by atoms with van der Waals surface area (Å²) in [6.45, 7) is 3.87. The number of fused-ring (bicyclic) bond motifs is 1. The van der Waals surface area contributed by atoms with Crippen molar-refractivity contribution in [3.8, 4) is 11.3 Å². The molecular weight excluding hydrogens is 381 g/mol. The third-order valence-corrected chi connectivity index (χ3v) is 4.08. The van der Waals surface area contributed by atoms with Crippen molar-refractivity contribution >= 4 is 32.8 Å². The largest absolute Gasteiger partial charge is 1.00 e. The fourth-order valence-corrected chi connectivity index (χ4v) is 3.04. The zero-order valence-electron chi connectivity index (χ0n) is 13.2. The van der Waals surface area contributed by atoms with Crippen LogP contribution in [0, 0.1) is 13.8 Å². The Morgan fingerprint density at radius 3 is 2.52 bits per heavy atom. The summed E-state index contributed by atoms with van der Waals surface area (Å²) < 4.78 is 0.919. The number of carbonyl (C=O) groups is 1. The Hall–Kier alpha value is -0.564. The average Bonchev–Trinajstić information content (AvgIpc) is 2.46. The number of nitrogens with zero attached hydrogens (tertiary/aromatic N) is 1. The maximum Gasteiger partial charge on any atom is 1.00 e. The molecule has 0 atom stereocenters. The van der Waals surface area contributed by atoms with Crippen molar-refractivity contribution in [3.05, 3.63) is 63.6 Å². The van der Waals surface area contributed by atoms with Crippen LogP contribution in [0.2, 0.25) is 0 Å². The minimum atomic E-state index is -1.19. The average molecular weight is 394 g/mol. The molecule has 0 saturated heterocycles. The molecule has 3 rings (SSSR count). The van der Waals surface area contributed by atoms with Crippen molar-refractivity contribution in [3.63, 3.8) is 0 Å². The molecule has 2 aromatic carbocycles. The molecule has 3 nitrogen and oxygen atoms in total. The van der Waals surface area contributed by atoms with Gasteiger partial charge >= 0.3 is 51.4 Å². The molecule has 0 radical (unpaired) electrons. The molecule has 0 aliphatic heterocycles. The fraction of sp³-hybridized carbons (Fsp3) is 0.111. The number of halogens is 1. The van der Waals surface area contributed by atoms with Crippen LogP contribution in [0.1, 0.15) is 21.5 Å². The summed E-state index contributed by atoms with van der Waals surface area (Å²) in [6, 6.07) is 13.0. The van der Waals surface area contributed by atoms with Gasteiger partial charge < -0.3 is 9.90 Å². The van der Waals surface area contributed by atoms with E-state index < -0.39 is 5.97 Å². The van der Waals surface area contributed by atoms with Crippen LogP contribution in [0.4, 0.5) is 0 Å². The van der Waals surface area contributed by atoms with Crippen molar-refractivity contribution < 1.29 is 61.3 Å². The predicted octanol–water partition coefficient (Wildman–Crippen LogP) is 0.649. The summed E-state index contributed by atoms with van der Waals surface area (Å²) in [5.41, 5.74) is 4.31. The number of carboxylic acid groups (broad SMARTS) is 1. The quantitative estimate of drug-likeness (QED) is 0.600. The van der Waals surface area contributed by atoms with Gasteiger partial charge in [-0.1, -0.05) is 39.7 Å². The number of pyridine rings is 1. The molecule has 0 amide bonds. The normalized spacial score (nSPS) is 10.4. The van der Waals surface area contributed by atoms with E-state index in [2.05, 4.69) is 20.9 Å². The van der Waals surface area contributed by atoms with Gasteiger partial charge in [0, 0.05) is 21.0 Å². The molecule has 3 aromatic rings. The van der Waals surface area contributed by atoms with Gasteiger partial charge in [-0.05, 0) is 43.7 Å². The topological polar surface area (TPSA) is 53.0 Å². The minimum absolute atomic E-state index is 0. The van der Waals surface area contributed by atoms with Crippen LogP contribution < -0.4 is 56.5 Å². The van der Waals surface area contributed by atoms with E-state index in [1.807, 2.05) is 50.2 Å². The van der Waals surface area contributed by atoms with Crippen molar-refractivity contribution in [1.29, 1.82) is 0 Å². The third kappa shape index (κ3) is 3.92. The van der Waals surface area contributed by atoms with Crippen LogP contribution in [0.5, 0.6) is 0 Å². The maximum atomic E-state index is 11.5. The summed E-state index contributed by atoms with van der Waals surface area (Å²) in [4.78, 5) is 16.2. The number of aryl methyl sites for hydroxylation is 2. The van der Waals surface area contributed by atoms with Gasteiger partial charge in [0.15, 0.2) is 0 Å². The first-order chi connectivity index (χ1) is 10.5. The Morgan fingerprint density at radius 2 is 1.87 bits per heavy atom. The second kappa shape index (κ2) is 7.55. The van der Waals surface area contributed by atoms with Crippen LogP contribution in [-0.4, -0.2) is 11.0 Å². The standard InChI is InChI=1S/C18H14BrNO2.K/c1-10-6-11(2)17-14(7-10)15(18(21)22)9-16(20-17)12-4-3-5-13(19)8-12;/h3-9H,1-2H3,(H,21,22);/q;+1/p-1. The van der Waals surface area contributed by atoms with E-state index in [4.69, 9.17) is 0 Å². The molecule has 0 N–H and O–H groups in total. The number of rotatable bonds is 2. The van der Waals surface area contributed by atoms with Crippen LogP contribution in [0.3, 0.4) is 0 Å². The van der Waals surface area contributed by atoms with E-state index in [0.717, 1.165) is 21.2 Å². The molecule has 0 saturated carbocycles. The van der Waals surface area contributed by atoms with Gasteiger partial charge in [-0.3, -0.25) is 0 Å². The maximum absolute atomic E-state index is 11.5. The van der Waals surface area contributed by atoms with E-state index in [9.17, 15) is 9.90 Å². The summed E-state index contributed by atoms with van der Waals surface area (Å²) in [6.07, 6.45) is 0. The Bertz CT molecular complexity index is 909. The summed E-state index contributed by atoms with van der Waals surface area (Å²) in [5, 5.41) is 12.2. The van der Waals surface area contributed by atoms with Crippen LogP contribution >= 0.6 is 15.9 Å². The second-order valence-corrected chi connectivity index (χ2v) is 6.25. The first-order valence-corrected chi connectivity index (χ1v) is 7.64. The van der Waals surface area contributed by atoms with E-state index in [1.54, 1.807) is 6.07 Å². The number of carboxylic acids is 1. The number of carbonyl (C=O) groups excluding carboxylic acids is 1. The van der Waals surface area contributed by atoms with E-state index in [0.29, 0.717) is 16.6 Å². The van der Waals surface area contributed by atoms with Gasteiger partial charge in [0.1, 0.15) is 0 Å². The van der Waals surface area contributed by atoms with E-state index >= 15 is 0 Å². The second-order valence-electron chi connectivity index (χ2n) is 5.33. The van der Waals surface area contributed by atoms with Crippen LogP contribution in [0.25, 0.3) is 22.2 Å². The Kier molecular flexibility index (Phi) is 6.16. The van der Waals surface area contributed by atoms with Crippen molar-refractivity contribution in [2.45, 2.75) is 13.8 Å². The molecule has 0 fully saturated rings. The zero-order chi connectivity index (χ0) is 15.9. The number of aromatic nitrogens is 1. The number of hydrogen-bond acceptors (Lipinski definition) is 3. The molecule has 5 heteroatoms. The molecule has 0 spiro atoms. The molecular formula is C18H13BrKNO2. The minimum Gasteiger partial charge on any atom is -0.545 e. The number of hydrogen-bond donors (Lipinski definition) is 0. The van der Waals surface area contributed by atoms with Crippen molar-refractivity contribution in [2.24, 2.45) is 0 Å². The molecule has 0 aliphatic rings. The van der Waals surface area contributed by atoms with Crippen LogP contribution in [0.15, 0.2) is 46.9 Å². The first-order valence-electron chi connectivity index (χ1n) is 6.85. The van der Waals surface area contributed by atoms with Crippen LogP contribution in [-0.2, 0) is 0 Å². The van der Waals surface area contributed by atoms with Gasteiger partial charge in [0.2, 0.25) is 0 Å². The van der Waals surface area contributed by atoms with Gasteiger partial charge in [0.05, 0.1) is 17.2 Å². The van der Waals surface area contributed by atoms with E-state index in [-0.39, 0.29) is 56.9 Å². The number of aromatic carboxylic acids is 1. The zero-order valence-corrected chi connectivity index (χ0v) is 17.9. The summed E-state index contributed by atoms with van der Waals surface area (Å²) in [7, 11) is 0.